The summed E-state index contributed by atoms with van der Waals surface area (Å²) in [7, 11) is -2.44. The number of sulfonamides is 1. The number of amides is 1. The molecule has 1 heterocycles. The Kier molecular flexibility index (Phi) is 6.15. The zero-order chi connectivity index (χ0) is 20.3. The third kappa shape index (κ3) is 4.25. The third-order valence-electron chi connectivity index (χ3n) is 4.87. The first-order valence-corrected chi connectivity index (χ1v) is 10.9. The minimum atomic E-state index is -3.90. The number of methoxy groups -OCH3 is 1. The Morgan fingerprint density at radius 1 is 1.14 bits per heavy atom. The first kappa shape index (κ1) is 20.5. The van der Waals surface area contributed by atoms with Gasteiger partial charge in [-0.3, -0.25) is 9.52 Å². The summed E-state index contributed by atoms with van der Waals surface area (Å²) in [5.74, 6) is 0.140. The molecule has 0 aliphatic carbocycles. The predicted octanol–water partition coefficient (Wildman–Crippen LogP) is 4.08. The van der Waals surface area contributed by atoms with Gasteiger partial charge in [0, 0.05) is 18.1 Å². The molecule has 0 radical (unpaired) electrons. The quantitative estimate of drug-likeness (QED) is 0.787. The normalized spacial score (nSPS) is 14.6. The second-order valence-electron chi connectivity index (χ2n) is 6.73. The molecule has 1 aliphatic rings. The van der Waals surface area contributed by atoms with Gasteiger partial charge in [0.05, 0.1) is 23.3 Å². The number of hydrogen-bond donors (Lipinski definition) is 1. The van der Waals surface area contributed by atoms with Crippen LogP contribution in [0, 0.1) is 6.92 Å². The molecule has 150 valence electrons. The van der Waals surface area contributed by atoms with Crippen molar-refractivity contribution in [3.63, 3.8) is 0 Å². The van der Waals surface area contributed by atoms with Crippen LogP contribution in [0.15, 0.2) is 41.3 Å². The van der Waals surface area contributed by atoms with Crippen molar-refractivity contribution in [3.8, 4) is 5.75 Å². The van der Waals surface area contributed by atoms with Crippen LogP contribution in [0.2, 0.25) is 5.02 Å². The number of carbonyl (C=O) groups is 1. The highest BCUT2D eigenvalue weighted by atomic mass is 35.5. The third-order valence-corrected chi connectivity index (χ3v) is 6.64. The summed E-state index contributed by atoms with van der Waals surface area (Å²) in [6.45, 7) is 3.07. The van der Waals surface area contributed by atoms with Gasteiger partial charge in [-0.2, -0.15) is 0 Å². The summed E-state index contributed by atoms with van der Waals surface area (Å²) >= 11 is 6.08. The lowest BCUT2D eigenvalue weighted by atomic mass is 10.1. The van der Waals surface area contributed by atoms with E-state index in [0.29, 0.717) is 35.1 Å². The Labute approximate surface area is 170 Å². The lowest BCUT2D eigenvalue weighted by Gasteiger charge is -2.27. The summed E-state index contributed by atoms with van der Waals surface area (Å²) in [5, 5.41) is 0.468. The second kappa shape index (κ2) is 8.41. The summed E-state index contributed by atoms with van der Waals surface area (Å²) in [4.78, 5) is 14.7. The fourth-order valence-electron chi connectivity index (χ4n) is 3.21. The van der Waals surface area contributed by atoms with Crippen molar-refractivity contribution >= 4 is 33.2 Å². The maximum Gasteiger partial charge on any atom is 0.261 e. The molecule has 0 saturated carbocycles. The molecular formula is C20H23ClN2O4S. The number of rotatable bonds is 5. The van der Waals surface area contributed by atoms with Crippen LogP contribution in [-0.4, -0.2) is 39.4 Å². The van der Waals surface area contributed by atoms with Crippen molar-refractivity contribution in [2.45, 2.75) is 31.1 Å². The highest BCUT2D eigenvalue weighted by Gasteiger charge is 2.25. The molecular weight excluding hydrogens is 400 g/mol. The lowest BCUT2D eigenvalue weighted by Crippen LogP contribution is -2.35. The number of carbonyl (C=O) groups excluding carboxylic acids is 1. The number of nitrogens with zero attached hydrogens (tertiary/aromatic N) is 1. The van der Waals surface area contributed by atoms with Crippen LogP contribution in [0.5, 0.6) is 5.75 Å². The van der Waals surface area contributed by atoms with Gasteiger partial charge in [0.15, 0.2) is 0 Å². The number of halogens is 1. The van der Waals surface area contributed by atoms with Crippen LogP contribution in [0.1, 0.15) is 35.2 Å². The van der Waals surface area contributed by atoms with E-state index in [1.165, 1.54) is 25.3 Å². The smallest absolute Gasteiger partial charge is 0.261 e. The molecule has 3 rings (SSSR count). The van der Waals surface area contributed by atoms with E-state index in [9.17, 15) is 13.2 Å². The summed E-state index contributed by atoms with van der Waals surface area (Å²) in [6, 6.07) is 9.31. The summed E-state index contributed by atoms with van der Waals surface area (Å²) < 4.78 is 33.6. The second-order valence-corrected chi connectivity index (χ2v) is 8.82. The van der Waals surface area contributed by atoms with E-state index in [4.69, 9.17) is 16.3 Å². The Morgan fingerprint density at radius 3 is 2.54 bits per heavy atom. The maximum absolute atomic E-state index is 12.9. The molecule has 28 heavy (non-hydrogen) atoms. The molecule has 2 aromatic rings. The van der Waals surface area contributed by atoms with E-state index in [1.807, 2.05) is 0 Å². The topological polar surface area (TPSA) is 75.7 Å². The van der Waals surface area contributed by atoms with Gasteiger partial charge in [0.1, 0.15) is 5.75 Å². The van der Waals surface area contributed by atoms with Crippen LogP contribution in [0.3, 0.4) is 0 Å². The molecule has 0 unspecified atom stereocenters. The van der Waals surface area contributed by atoms with Crippen molar-refractivity contribution in [2.24, 2.45) is 0 Å². The Balaban J connectivity index is 1.95. The maximum atomic E-state index is 12.9. The minimum Gasteiger partial charge on any atom is -0.496 e. The van der Waals surface area contributed by atoms with Crippen LogP contribution in [-0.2, 0) is 10.0 Å². The number of benzene rings is 2. The number of hydrogen-bond acceptors (Lipinski definition) is 4. The van der Waals surface area contributed by atoms with Crippen LogP contribution in [0.4, 0.5) is 5.69 Å². The standard InChI is InChI=1S/C20H23ClN2O4S/c1-14-17(21)7-6-8-18(14)22-28(25,26)15-9-10-19(27-2)16(13-15)20(24)23-11-4-3-5-12-23/h6-10,13,22H,3-5,11-12H2,1-2H3. The molecule has 1 amide bonds. The van der Waals surface area contributed by atoms with Gasteiger partial charge in [0.2, 0.25) is 0 Å². The fraction of sp³-hybridized carbons (Fsp3) is 0.350. The average Bonchev–Trinajstić information content (AvgIpc) is 2.71. The first-order chi connectivity index (χ1) is 13.3. The van der Waals surface area contributed by atoms with Gasteiger partial charge in [-0.1, -0.05) is 17.7 Å². The highest BCUT2D eigenvalue weighted by molar-refractivity contribution is 7.92. The van der Waals surface area contributed by atoms with Crippen molar-refractivity contribution in [3.05, 3.63) is 52.5 Å². The fourth-order valence-corrected chi connectivity index (χ4v) is 4.53. The lowest BCUT2D eigenvalue weighted by molar-refractivity contribution is 0.0720. The zero-order valence-electron chi connectivity index (χ0n) is 15.9. The van der Waals surface area contributed by atoms with Crippen molar-refractivity contribution in [1.29, 1.82) is 0 Å². The number of nitrogens with one attached hydrogen (secondary N) is 1. The molecule has 1 fully saturated rings. The summed E-state index contributed by atoms with van der Waals surface area (Å²) in [6.07, 6.45) is 2.99. The summed E-state index contributed by atoms with van der Waals surface area (Å²) in [5.41, 5.74) is 1.27. The van der Waals surface area contributed by atoms with Gasteiger partial charge in [-0.15, -0.1) is 0 Å². The molecule has 0 spiro atoms. The molecule has 1 N–H and O–H groups in total. The molecule has 6 nitrogen and oxygen atoms in total. The van der Waals surface area contributed by atoms with E-state index >= 15 is 0 Å². The predicted molar refractivity (Wildman–Crippen MR) is 110 cm³/mol. The van der Waals surface area contributed by atoms with Gasteiger partial charge >= 0.3 is 0 Å². The van der Waals surface area contributed by atoms with E-state index in [-0.39, 0.29) is 16.4 Å². The number of anilines is 1. The average molecular weight is 423 g/mol. The molecule has 0 atom stereocenters. The Morgan fingerprint density at radius 2 is 1.86 bits per heavy atom. The number of ether oxygens (including phenoxy) is 1. The largest absolute Gasteiger partial charge is 0.496 e. The SMILES string of the molecule is COc1ccc(S(=O)(=O)Nc2cccc(Cl)c2C)cc1C(=O)N1CCCCC1. The van der Waals surface area contributed by atoms with Crippen LogP contribution >= 0.6 is 11.6 Å². The monoisotopic (exact) mass is 422 g/mol. The molecule has 0 aromatic heterocycles. The van der Waals surface area contributed by atoms with Crippen LogP contribution < -0.4 is 9.46 Å². The number of piperidine rings is 1. The molecule has 1 aliphatic heterocycles. The molecule has 0 bridgehead atoms. The van der Waals surface area contributed by atoms with Crippen molar-refractivity contribution < 1.29 is 17.9 Å². The van der Waals surface area contributed by atoms with E-state index in [2.05, 4.69) is 4.72 Å². The Hall–Kier alpha value is -2.25. The first-order valence-electron chi connectivity index (χ1n) is 9.09. The minimum absolute atomic E-state index is 0.00645. The van der Waals surface area contributed by atoms with Crippen LogP contribution in [0.25, 0.3) is 0 Å². The van der Waals surface area contributed by atoms with E-state index < -0.39 is 10.0 Å². The van der Waals surface area contributed by atoms with Gasteiger partial charge < -0.3 is 9.64 Å². The van der Waals surface area contributed by atoms with Crippen molar-refractivity contribution in [2.75, 3.05) is 24.9 Å². The van der Waals surface area contributed by atoms with Gasteiger partial charge in [-0.05, 0) is 62.1 Å². The molecule has 1 saturated heterocycles. The van der Waals surface area contributed by atoms with E-state index in [0.717, 1.165) is 19.3 Å². The van der Waals surface area contributed by atoms with Crippen molar-refractivity contribution in [1.82, 2.24) is 4.90 Å². The molecule has 2 aromatic carbocycles. The highest BCUT2D eigenvalue weighted by Crippen LogP contribution is 2.28. The number of likely N-dealkylation sites (tertiary alicyclic amines) is 1. The molecule has 8 heteroatoms. The van der Waals surface area contributed by atoms with Gasteiger partial charge in [-0.25, -0.2) is 8.42 Å². The zero-order valence-corrected chi connectivity index (χ0v) is 17.4. The van der Waals surface area contributed by atoms with Gasteiger partial charge in [0.25, 0.3) is 15.9 Å². The van der Waals surface area contributed by atoms with E-state index in [1.54, 1.807) is 30.0 Å². The Bertz CT molecular complexity index is 986.